The molecule has 7 nitrogen and oxygen atoms in total. The van der Waals surface area contributed by atoms with E-state index in [1.54, 1.807) is 4.72 Å². The topological polar surface area (TPSA) is 104 Å². The zero-order chi connectivity index (χ0) is 13.9. The van der Waals surface area contributed by atoms with Crippen molar-refractivity contribution in [3.63, 3.8) is 0 Å². The number of hydrogen-bond acceptors (Lipinski definition) is 4. The van der Waals surface area contributed by atoms with E-state index >= 15 is 0 Å². The number of carboxylic acid groups (broad SMARTS) is 1. The summed E-state index contributed by atoms with van der Waals surface area (Å²) in [6.45, 7) is 0. The summed E-state index contributed by atoms with van der Waals surface area (Å²) in [6.07, 6.45) is 0. The molecule has 0 saturated carbocycles. The van der Waals surface area contributed by atoms with Gasteiger partial charge in [-0.15, -0.1) is 0 Å². The predicted molar refractivity (Wildman–Crippen MR) is 63.5 cm³/mol. The van der Waals surface area contributed by atoms with Gasteiger partial charge >= 0.3 is 16.2 Å². The lowest BCUT2D eigenvalue weighted by Gasteiger charge is -2.12. The van der Waals surface area contributed by atoms with Gasteiger partial charge in [-0.2, -0.15) is 12.7 Å². The predicted octanol–water partition coefficient (Wildman–Crippen LogP) is -0.0790. The first-order valence-corrected chi connectivity index (χ1v) is 6.26. The molecule has 98 valence electrons. The first-order chi connectivity index (χ1) is 8.24. The van der Waals surface area contributed by atoms with Crippen LogP contribution in [0.3, 0.4) is 0 Å². The normalized spacial score (nSPS) is 11.3. The van der Waals surface area contributed by atoms with E-state index in [1.807, 2.05) is 0 Å². The molecular weight excluding hydrogens is 260 g/mol. The molecule has 1 aromatic carbocycles. The Morgan fingerprint density at radius 3 is 2.28 bits per heavy atom. The van der Waals surface area contributed by atoms with Gasteiger partial charge in [0.2, 0.25) is 0 Å². The van der Waals surface area contributed by atoms with Crippen LogP contribution in [0.5, 0.6) is 0 Å². The molecule has 0 saturated heterocycles. The molecule has 18 heavy (non-hydrogen) atoms. The highest BCUT2D eigenvalue weighted by atomic mass is 32.2. The second-order valence-electron chi connectivity index (χ2n) is 3.60. The second-order valence-corrected chi connectivity index (χ2v) is 5.49. The summed E-state index contributed by atoms with van der Waals surface area (Å²) < 4.78 is 25.5. The van der Waals surface area contributed by atoms with Gasteiger partial charge in [-0.1, -0.05) is 6.07 Å². The van der Waals surface area contributed by atoms with Gasteiger partial charge in [0.15, 0.2) is 0 Å². The van der Waals surface area contributed by atoms with Crippen LogP contribution in [0.25, 0.3) is 0 Å². The van der Waals surface area contributed by atoms with Crippen LogP contribution in [-0.4, -0.2) is 43.8 Å². The fraction of sp³-hybridized carbons (Fsp3) is 0.200. The summed E-state index contributed by atoms with van der Waals surface area (Å²) in [5, 5.41) is 8.75. The minimum atomic E-state index is -3.89. The lowest BCUT2D eigenvalue weighted by Crippen LogP contribution is -2.39. The lowest BCUT2D eigenvalue weighted by molar-refractivity contribution is 0.0697. The molecule has 0 aliphatic rings. The van der Waals surface area contributed by atoms with E-state index in [0.717, 1.165) is 10.4 Å². The van der Waals surface area contributed by atoms with Crippen LogP contribution in [0.4, 0.5) is 0 Å². The third-order valence-corrected chi connectivity index (χ3v) is 3.48. The van der Waals surface area contributed by atoms with E-state index in [9.17, 15) is 18.0 Å². The number of nitrogens with zero attached hydrogens (tertiary/aromatic N) is 1. The van der Waals surface area contributed by atoms with Crippen LogP contribution in [0.2, 0.25) is 0 Å². The SMILES string of the molecule is CN(C)S(=O)(=O)NC(=O)c1cccc(C(=O)O)c1. The van der Waals surface area contributed by atoms with Crippen molar-refractivity contribution in [3.05, 3.63) is 35.4 Å². The van der Waals surface area contributed by atoms with E-state index in [4.69, 9.17) is 5.11 Å². The highest BCUT2D eigenvalue weighted by Crippen LogP contribution is 2.06. The molecule has 0 atom stereocenters. The molecule has 0 fully saturated rings. The van der Waals surface area contributed by atoms with Crippen molar-refractivity contribution in [1.29, 1.82) is 0 Å². The Morgan fingerprint density at radius 2 is 1.78 bits per heavy atom. The fourth-order valence-electron chi connectivity index (χ4n) is 1.06. The first kappa shape index (κ1) is 14.1. The van der Waals surface area contributed by atoms with Crippen LogP contribution in [0.1, 0.15) is 20.7 Å². The van der Waals surface area contributed by atoms with Crippen molar-refractivity contribution < 1.29 is 23.1 Å². The molecule has 0 spiro atoms. The Balaban J connectivity index is 2.99. The third kappa shape index (κ3) is 3.28. The van der Waals surface area contributed by atoms with Crippen LogP contribution in [0, 0.1) is 0 Å². The maximum atomic E-state index is 11.6. The standard InChI is InChI=1S/C10H12N2O5S/c1-12(2)18(16,17)11-9(13)7-4-3-5-8(6-7)10(14)15/h3-6H,1-2H3,(H,11,13)(H,14,15). The molecule has 0 heterocycles. The van der Waals surface area contributed by atoms with Crippen LogP contribution in [-0.2, 0) is 10.2 Å². The largest absolute Gasteiger partial charge is 0.478 e. The number of aromatic carboxylic acids is 1. The minimum Gasteiger partial charge on any atom is -0.478 e. The smallest absolute Gasteiger partial charge is 0.335 e. The van der Waals surface area contributed by atoms with Crippen LogP contribution in [0.15, 0.2) is 24.3 Å². The number of amides is 1. The average Bonchev–Trinajstić information content (AvgIpc) is 2.28. The molecule has 1 rings (SSSR count). The molecule has 0 unspecified atom stereocenters. The van der Waals surface area contributed by atoms with E-state index < -0.39 is 22.1 Å². The molecule has 1 amide bonds. The maximum Gasteiger partial charge on any atom is 0.335 e. The van der Waals surface area contributed by atoms with Gasteiger partial charge in [-0.25, -0.2) is 9.52 Å². The first-order valence-electron chi connectivity index (χ1n) is 4.82. The third-order valence-electron chi connectivity index (χ3n) is 2.07. The summed E-state index contributed by atoms with van der Waals surface area (Å²) in [6, 6.07) is 5.09. The summed E-state index contributed by atoms with van der Waals surface area (Å²) in [5.74, 6) is -2.08. The number of nitrogens with one attached hydrogen (secondary N) is 1. The molecule has 0 aromatic heterocycles. The molecule has 8 heteroatoms. The molecule has 1 aromatic rings. The molecular formula is C10H12N2O5S. The number of benzene rings is 1. The number of carboxylic acids is 1. The van der Waals surface area contributed by atoms with Gasteiger partial charge in [0, 0.05) is 19.7 Å². The Bertz CT molecular complexity index is 580. The summed E-state index contributed by atoms with van der Waals surface area (Å²) in [4.78, 5) is 22.3. The zero-order valence-electron chi connectivity index (χ0n) is 9.75. The maximum absolute atomic E-state index is 11.6. The molecule has 0 aliphatic heterocycles. The van der Waals surface area contributed by atoms with Gasteiger partial charge < -0.3 is 5.11 Å². The van der Waals surface area contributed by atoms with E-state index in [-0.39, 0.29) is 11.1 Å². The van der Waals surface area contributed by atoms with Crippen molar-refractivity contribution in [2.45, 2.75) is 0 Å². The quantitative estimate of drug-likeness (QED) is 0.798. The summed E-state index contributed by atoms with van der Waals surface area (Å²) in [5.41, 5.74) is -0.134. The molecule has 0 bridgehead atoms. The van der Waals surface area contributed by atoms with Gasteiger partial charge in [0.05, 0.1) is 5.56 Å². The monoisotopic (exact) mass is 272 g/mol. The number of carbonyl (C=O) groups excluding carboxylic acids is 1. The molecule has 0 radical (unpaired) electrons. The summed E-state index contributed by atoms with van der Waals surface area (Å²) >= 11 is 0. The second kappa shape index (κ2) is 5.15. The number of hydrogen-bond donors (Lipinski definition) is 2. The average molecular weight is 272 g/mol. The molecule has 0 aliphatic carbocycles. The van der Waals surface area contributed by atoms with Gasteiger partial charge in [-0.3, -0.25) is 4.79 Å². The Kier molecular flexibility index (Phi) is 4.04. The minimum absolute atomic E-state index is 0.0414. The van der Waals surface area contributed by atoms with Crippen LogP contribution < -0.4 is 4.72 Å². The van der Waals surface area contributed by atoms with Crippen LogP contribution >= 0.6 is 0 Å². The Labute approximate surface area is 104 Å². The molecule has 2 N–H and O–H groups in total. The lowest BCUT2D eigenvalue weighted by atomic mass is 10.1. The zero-order valence-corrected chi connectivity index (χ0v) is 10.6. The van der Waals surface area contributed by atoms with E-state index in [1.165, 1.54) is 32.3 Å². The van der Waals surface area contributed by atoms with Gasteiger partial charge in [-0.05, 0) is 18.2 Å². The highest BCUT2D eigenvalue weighted by Gasteiger charge is 2.18. The van der Waals surface area contributed by atoms with Crippen molar-refractivity contribution in [1.82, 2.24) is 9.03 Å². The number of rotatable bonds is 4. The Hall–Kier alpha value is -1.93. The van der Waals surface area contributed by atoms with Crippen molar-refractivity contribution in [3.8, 4) is 0 Å². The van der Waals surface area contributed by atoms with Gasteiger partial charge in [0.1, 0.15) is 0 Å². The van der Waals surface area contributed by atoms with Crippen molar-refractivity contribution in [2.75, 3.05) is 14.1 Å². The number of carbonyl (C=O) groups is 2. The van der Waals surface area contributed by atoms with E-state index in [2.05, 4.69) is 0 Å². The Morgan fingerprint density at radius 1 is 1.22 bits per heavy atom. The van der Waals surface area contributed by atoms with Crippen molar-refractivity contribution in [2.24, 2.45) is 0 Å². The fourth-order valence-corrected chi connectivity index (χ4v) is 1.60. The van der Waals surface area contributed by atoms with E-state index in [0.29, 0.717) is 0 Å². The summed E-state index contributed by atoms with van der Waals surface area (Å²) in [7, 11) is -1.36. The highest BCUT2D eigenvalue weighted by molar-refractivity contribution is 7.87. The van der Waals surface area contributed by atoms with Gasteiger partial charge in [0.25, 0.3) is 5.91 Å². The van der Waals surface area contributed by atoms with Crippen molar-refractivity contribution >= 4 is 22.1 Å².